The van der Waals surface area contributed by atoms with E-state index in [1.165, 1.54) is 23.2 Å². The Bertz CT molecular complexity index is 773. The first kappa shape index (κ1) is 19.6. The van der Waals surface area contributed by atoms with Crippen molar-refractivity contribution in [3.63, 3.8) is 0 Å². The van der Waals surface area contributed by atoms with Gasteiger partial charge in [0.05, 0.1) is 0 Å². The third-order valence-electron chi connectivity index (χ3n) is 5.37. The molecule has 1 atom stereocenters. The molecule has 2 aliphatic heterocycles. The summed E-state index contributed by atoms with van der Waals surface area (Å²) in [6, 6.07) is 11.4. The minimum absolute atomic E-state index is 0. The van der Waals surface area contributed by atoms with Crippen molar-refractivity contribution in [2.45, 2.75) is 32.4 Å². The maximum Gasteiger partial charge on any atom is 0.198 e. The number of nitrogens with one attached hydrogen (secondary N) is 1. The lowest BCUT2D eigenvalue weighted by molar-refractivity contribution is 0.193. The highest BCUT2D eigenvalue weighted by Crippen LogP contribution is 2.27. The van der Waals surface area contributed by atoms with E-state index in [4.69, 9.17) is 0 Å². The predicted molar refractivity (Wildman–Crippen MR) is 122 cm³/mol. The maximum atomic E-state index is 4.53. The lowest BCUT2D eigenvalue weighted by Gasteiger charge is -2.33. The van der Waals surface area contributed by atoms with Gasteiger partial charge in [0.25, 0.3) is 0 Å². The normalized spacial score (nSPS) is 18.1. The van der Waals surface area contributed by atoms with Gasteiger partial charge in [-0.15, -0.1) is 35.3 Å². The molecular weight excluding hydrogens is 455 g/mol. The average Bonchev–Trinajstić information content (AvgIpc) is 3.28. The van der Waals surface area contributed by atoms with Crippen LogP contribution in [0.25, 0.3) is 0 Å². The zero-order chi connectivity index (χ0) is 17.2. The quantitative estimate of drug-likeness (QED) is 0.411. The van der Waals surface area contributed by atoms with Gasteiger partial charge in [-0.3, -0.25) is 9.89 Å². The molecule has 140 valence electrons. The molecule has 2 aliphatic rings. The van der Waals surface area contributed by atoms with Gasteiger partial charge in [-0.1, -0.05) is 18.2 Å². The van der Waals surface area contributed by atoms with Gasteiger partial charge in [0.15, 0.2) is 5.96 Å². The van der Waals surface area contributed by atoms with Crippen molar-refractivity contribution in [1.82, 2.24) is 10.2 Å². The van der Waals surface area contributed by atoms with Crippen LogP contribution in [0.2, 0.25) is 0 Å². The standard InChI is InChI=1S/C20H26N4S.HI/c1-15(23-10-8-19-17(14-23)9-12-25-19)13-22-20(21-2)24-11-7-16-5-3-4-6-18(16)24;/h3-6,9,12,15H,7-8,10-11,13-14H2,1-2H3,(H,21,22);1H. The first-order valence-corrected chi connectivity index (χ1v) is 9.99. The first-order valence-electron chi connectivity index (χ1n) is 9.11. The van der Waals surface area contributed by atoms with Crippen LogP contribution in [-0.2, 0) is 19.4 Å². The van der Waals surface area contributed by atoms with E-state index in [0.717, 1.165) is 38.6 Å². The molecule has 0 bridgehead atoms. The Kier molecular flexibility index (Phi) is 6.58. The Balaban J connectivity index is 0.00000196. The number of fused-ring (bicyclic) bond motifs is 2. The van der Waals surface area contributed by atoms with E-state index in [0.29, 0.717) is 6.04 Å². The molecule has 0 aliphatic carbocycles. The fourth-order valence-corrected chi connectivity index (χ4v) is 4.76. The van der Waals surface area contributed by atoms with Crippen molar-refractivity contribution in [2.24, 2.45) is 4.99 Å². The Hall–Kier alpha value is -1.12. The van der Waals surface area contributed by atoms with E-state index < -0.39 is 0 Å². The van der Waals surface area contributed by atoms with E-state index in [2.05, 4.69) is 62.7 Å². The summed E-state index contributed by atoms with van der Waals surface area (Å²) in [5.74, 6) is 0.991. The number of nitrogens with zero attached hydrogens (tertiary/aromatic N) is 3. The summed E-state index contributed by atoms with van der Waals surface area (Å²) < 4.78 is 0. The summed E-state index contributed by atoms with van der Waals surface area (Å²) in [5.41, 5.74) is 4.23. The number of rotatable bonds is 3. The van der Waals surface area contributed by atoms with Crippen molar-refractivity contribution in [3.05, 3.63) is 51.7 Å². The summed E-state index contributed by atoms with van der Waals surface area (Å²) in [6.45, 7) is 6.48. The van der Waals surface area contributed by atoms with Crippen LogP contribution >= 0.6 is 35.3 Å². The molecule has 0 fully saturated rings. The van der Waals surface area contributed by atoms with Crippen molar-refractivity contribution in [3.8, 4) is 0 Å². The highest BCUT2D eigenvalue weighted by Gasteiger charge is 2.24. The van der Waals surface area contributed by atoms with Gasteiger partial charge in [0.2, 0.25) is 0 Å². The number of anilines is 1. The predicted octanol–water partition coefficient (Wildman–Crippen LogP) is 3.75. The molecule has 6 heteroatoms. The Morgan fingerprint density at radius 2 is 2.04 bits per heavy atom. The zero-order valence-corrected chi connectivity index (χ0v) is 18.6. The fraction of sp³-hybridized carbons (Fsp3) is 0.450. The van der Waals surface area contributed by atoms with Crippen molar-refractivity contribution >= 4 is 47.0 Å². The third-order valence-corrected chi connectivity index (χ3v) is 6.39. The third kappa shape index (κ3) is 3.92. The number of para-hydroxylation sites is 1. The molecule has 1 aromatic heterocycles. The second-order valence-corrected chi connectivity index (χ2v) is 7.90. The molecule has 4 nitrogen and oxygen atoms in total. The van der Waals surface area contributed by atoms with Crippen molar-refractivity contribution in [2.75, 3.05) is 31.6 Å². The molecule has 0 saturated carbocycles. The van der Waals surface area contributed by atoms with E-state index in [9.17, 15) is 0 Å². The molecule has 1 aromatic carbocycles. The Morgan fingerprint density at radius 1 is 1.19 bits per heavy atom. The van der Waals surface area contributed by atoms with Crippen LogP contribution < -0.4 is 10.2 Å². The minimum atomic E-state index is 0. The summed E-state index contributed by atoms with van der Waals surface area (Å²) in [7, 11) is 1.88. The Labute approximate surface area is 177 Å². The van der Waals surface area contributed by atoms with Gasteiger partial charge in [-0.25, -0.2) is 0 Å². The van der Waals surface area contributed by atoms with Crippen LogP contribution in [0.3, 0.4) is 0 Å². The van der Waals surface area contributed by atoms with Gasteiger partial charge < -0.3 is 10.2 Å². The van der Waals surface area contributed by atoms with Gasteiger partial charge in [0.1, 0.15) is 0 Å². The van der Waals surface area contributed by atoms with E-state index in [-0.39, 0.29) is 24.0 Å². The monoisotopic (exact) mass is 482 g/mol. The molecule has 2 aromatic rings. The Morgan fingerprint density at radius 3 is 2.88 bits per heavy atom. The molecule has 0 spiro atoms. The van der Waals surface area contributed by atoms with Crippen LogP contribution in [0.15, 0.2) is 40.7 Å². The smallest absolute Gasteiger partial charge is 0.198 e. The summed E-state index contributed by atoms with van der Waals surface area (Å²) in [4.78, 5) is 11.0. The number of halogens is 1. The molecule has 1 unspecified atom stereocenters. The number of aliphatic imine (C=N–C) groups is 1. The lowest BCUT2D eigenvalue weighted by Crippen LogP contribution is -2.48. The summed E-state index contributed by atoms with van der Waals surface area (Å²) >= 11 is 1.90. The van der Waals surface area contributed by atoms with Crippen LogP contribution in [0.5, 0.6) is 0 Å². The summed E-state index contributed by atoms with van der Waals surface area (Å²) in [6.07, 6.45) is 2.28. The molecule has 26 heavy (non-hydrogen) atoms. The van der Waals surface area contributed by atoms with Gasteiger partial charge in [0, 0.05) is 49.8 Å². The van der Waals surface area contributed by atoms with Crippen LogP contribution in [0.1, 0.15) is 22.9 Å². The number of hydrogen-bond acceptors (Lipinski definition) is 3. The van der Waals surface area contributed by atoms with Gasteiger partial charge >= 0.3 is 0 Å². The number of guanidine groups is 1. The van der Waals surface area contributed by atoms with Crippen molar-refractivity contribution < 1.29 is 0 Å². The number of thiophene rings is 1. The largest absolute Gasteiger partial charge is 0.354 e. The second kappa shape index (κ2) is 8.71. The number of hydrogen-bond donors (Lipinski definition) is 1. The molecule has 4 rings (SSSR count). The maximum absolute atomic E-state index is 4.53. The van der Waals surface area contributed by atoms with Crippen LogP contribution in [-0.4, -0.2) is 43.6 Å². The second-order valence-electron chi connectivity index (χ2n) is 6.90. The van der Waals surface area contributed by atoms with Crippen molar-refractivity contribution in [1.29, 1.82) is 0 Å². The topological polar surface area (TPSA) is 30.9 Å². The van der Waals surface area contributed by atoms with Gasteiger partial charge in [-0.2, -0.15) is 0 Å². The fourth-order valence-electron chi connectivity index (χ4n) is 3.87. The number of benzene rings is 1. The molecular formula is C20H27IN4S. The molecule has 0 amide bonds. The SMILES string of the molecule is CN=C(NCC(C)N1CCc2sccc2C1)N1CCc2ccccc21.I. The summed E-state index contributed by atoms with van der Waals surface area (Å²) in [5, 5.41) is 5.83. The zero-order valence-electron chi connectivity index (χ0n) is 15.4. The molecule has 0 saturated heterocycles. The first-order chi connectivity index (χ1) is 12.3. The highest BCUT2D eigenvalue weighted by atomic mass is 127. The lowest BCUT2D eigenvalue weighted by atomic mass is 10.1. The van der Waals surface area contributed by atoms with Crippen LogP contribution in [0, 0.1) is 0 Å². The molecule has 3 heterocycles. The van der Waals surface area contributed by atoms with E-state index in [1.54, 1.807) is 4.88 Å². The highest BCUT2D eigenvalue weighted by molar-refractivity contribution is 14.0. The van der Waals surface area contributed by atoms with E-state index in [1.807, 2.05) is 18.4 Å². The molecule has 0 radical (unpaired) electrons. The minimum Gasteiger partial charge on any atom is -0.354 e. The van der Waals surface area contributed by atoms with Crippen LogP contribution in [0.4, 0.5) is 5.69 Å². The van der Waals surface area contributed by atoms with Gasteiger partial charge in [-0.05, 0) is 48.4 Å². The van der Waals surface area contributed by atoms with E-state index >= 15 is 0 Å². The average molecular weight is 482 g/mol. The molecule has 1 N–H and O–H groups in total.